The number of hydrogen-bond acceptors (Lipinski definition) is 4. The van der Waals surface area contributed by atoms with Crippen molar-refractivity contribution in [1.29, 1.82) is 0 Å². The van der Waals surface area contributed by atoms with Crippen LogP contribution in [0, 0.1) is 0 Å². The number of rotatable bonds is 6. The van der Waals surface area contributed by atoms with Gasteiger partial charge in [0.05, 0.1) is 18.5 Å². The van der Waals surface area contributed by atoms with Crippen LogP contribution in [0.5, 0.6) is 0 Å². The zero-order chi connectivity index (χ0) is 14.4. The fraction of sp³-hybridized carbons (Fsp3) is 0.333. The lowest BCUT2D eigenvalue weighted by molar-refractivity contribution is -0.140. The van der Waals surface area contributed by atoms with E-state index in [2.05, 4.69) is 9.84 Å². The molecule has 0 saturated carbocycles. The van der Waals surface area contributed by atoms with Crippen molar-refractivity contribution in [2.24, 2.45) is 5.73 Å². The number of carbonyl (C=O) groups is 1. The quantitative estimate of drug-likeness (QED) is 0.813. The zero-order valence-electron chi connectivity index (χ0n) is 11.5. The zero-order valence-corrected chi connectivity index (χ0v) is 11.5. The molecule has 0 aliphatic heterocycles. The van der Waals surface area contributed by atoms with Crippen molar-refractivity contribution in [1.82, 2.24) is 9.78 Å². The average Bonchev–Trinajstić information content (AvgIpc) is 2.94. The van der Waals surface area contributed by atoms with Crippen molar-refractivity contribution >= 4 is 5.97 Å². The molecule has 2 N–H and O–H groups in total. The number of ether oxygens (including phenoxy) is 1. The van der Waals surface area contributed by atoms with E-state index in [9.17, 15) is 4.79 Å². The highest BCUT2D eigenvalue weighted by Crippen LogP contribution is 2.09. The summed E-state index contributed by atoms with van der Waals surface area (Å²) in [6.45, 7) is 0. The summed E-state index contributed by atoms with van der Waals surface area (Å²) in [6, 6.07) is 11.8. The molecule has 0 bridgehead atoms. The summed E-state index contributed by atoms with van der Waals surface area (Å²) < 4.78 is 6.42. The topological polar surface area (TPSA) is 70.1 Å². The lowest BCUT2D eigenvalue weighted by atomic mass is 10.1. The molecule has 0 amide bonds. The minimum absolute atomic E-state index is 0.0896. The molecule has 0 radical (unpaired) electrons. The molecule has 1 atom stereocenters. The number of benzene rings is 1. The van der Waals surface area contributed by atoms with Crippen molar-refractivity contribution in [2.75, 3.05) is 7.11 Å². The van der Waals surface area contributed by atoms with Gasteiger partial charge in [-0.3, -0.25) is 4.79 Å². The van der Waals surface area contributed by atoms with Crippen LogP contribution in [0.2, 0.25) is 0 Å². The van der Waals surface area contributed by atoms with E-state index in [-0.39, 0.29) is 12.0 Å². The average molecular weight is 273 g/mol. The van der Waals surface area contributed by atoms with Crippen LogP contribution in [0.4, 0.5) is 0 Å². The Morgan fingerprint density at radius 3 is 2.80 bits per heavy atom. The van der Waals surface area contributed by atoms with E-state index in [1.54, 1.807) is 0 Å². The van der Waals surface area contributed by atoms with Gasteiger partial charge in [-0.2, -0.15) is 5.10 Å². The van der Waals surface area contributed by atoms with Gasteiger partial charge in [0.15, 0.2) is 0 Å². The van der Waals surface area contributed by atoms with Crippen LogP contribution in [0.3, 0.4) is 0 Å². The van der Waals surface area contributed by atoms with Gasteiger partial charge in [0.1, 0.15) is 0 Å². The third-order valence-electron chi connectivity index (χ3n) is 3.08. The van der Waals surface area contributed by atoms with E-state index < -0.39 is 0 Å². The summed E-state index contributed by atoms with van der Waals surface area (Å²) in [5.41, 5.74) is 7.94. The molecule has 0 fully saturated rings. The monoisotopic (exact) mass is 273 g/mol. The molecule has 1 unspecified atom stereocenters. The highest BCUT2D eigenvalue weighted by molar-refractivity contribution is 5.69. The maximum atomic E-state index is 11.1. The number of methoxy groups -OCH3 is 1. The summed E-state index contributed by atoms with van der Waals surface area (Å²) in [4.78, 5) is 11.1. The van der Waals surface area contributed by atoms with Crippen molar-refractivity contribution in [3.8, 4) is 5.69 Å². The first-order chi connectivity index (χ1) is 9.69. The van der Waals surface area contributed by atoms with Crippen molar-refractivity contribution in [3.63, 3.8) is 0 Å². The number of nitrogens with two attached hydrogens (primary N) is 1. The molecule has 0 spiro atoms. The van der Waals surface area contributed by atoms with Crippen molar-refractivity contribution in [3.05, 3.63) is 48.3 Å². The predicted molar refractivity (Wildman–Crippen MR) is 76.5 cm³/mol. The Balaban J connectivity index is 1.91. The predicted octanol–water partition coefficient (Wildman–Crippen LogP) is 1.70. The molecular formula is C15H19N3O2. The molecule has 106 valence electrons. The van der Waals surface area contributed by atoms with E-state index >= 15 is 0 Å². The van der Waals surface area contributed by atoms with Gasteiger partial charge in [0, 0.05) is 25.1 Å². The molecule has 1 heterocycles. The van der Waals surface area contributed by atoms with E-state index in [1.165, 1.54) is 7.11 Å². The Bertz CT molecular complexity index is 551. The first-order valence-corrected chi connectivity index (χ1v) is 6.61. The maximum Gasteiger partial charge on any atom is 0.305 e. The van der Waals surface area contributed by atoms with Crippen molar-refractivity contribution < 1.29 is 9.53 Å². The number of hydrogen-bond donors (Lipinski definition) is 1. The standard InChI is InChI=1S/C15H19N3O2/c1-20-15(19)8-7-12(16)11-13-9-10-18(17-13)14-5-3-2-4-6-14/h2-6,9-10,12H,7-8,11,16H2,1H3. The molecule has 5 heteroatoms. The second-order valence-electron chi connectivity index (χ2n) is 4.67. The largest absolute Gasteiger partial charge is 0.469 e. The van der Waals surface area contributed by atoms with Gasteiger partial charge in [-0.25, -0.2) is 4.68 Å². The maximum absolute atomic E-state index is 11.1. The second kappa shape index (κ2) is 6.86. The van der Waals surface area contributed by atoms with E-state index in [0.29, 0.717) is 19.3 Å². The van der Waals surface area contributed by atoms with Crippen LogP contribution in [0.1, 0.15) is 18.5 Å². The summed E-state index contributed by atoms with van der Waals surface area (Å²) in [5, 5.41) is 4.49. The summed E-state index contributed by atoms with van der Waals surface area (Å²) in [7, 11) is 1.38. The van der Waals surface area contributed by atoms with Crippen molar-refractivity contribution in [2.45, 2.75) is 25.3 Å². The first kappa shape index (κ1) is 14.3. The van der Waals surface area contributed by atoms with Crippen LogP contribution in [-0.4, -0.2) is 28.9 Å². The van der Waals surface area contributed by atoms with Crippen LogP contribution < -0.4 is 5.73 Å². The van der Waals surface area contributed by atoms with Gasteiger partial charge in [0.2, 0.25) is 0 Å². The molecule has 0 aliphatic rings. The Morgan fingerprint density at radius 1 is 1.35 bits per heavy atom. The molecule has 0 saturated heterocycles. The Kier molecular flexibility index (Phi) is 4.90. The minimum Gasteiger partial charge on any atom is -0.469 e. The lowest BCUT2D eigenvalue weighted by Crippen LogP contribution is -2.24. The summed E-state index contributed by atoms with van der Waals surface area (Å²) >= 11 is 0. The number of para-hydroxylation sites is 1. The summed E-state index contributed by atoms with van der Waals surface area (Å²) in [5.74, 6) is -0.227. The first-order valence-electron chi connectivity index (χ1n) is 6.61. The van der Waals surface area contributed by atoms with Gasteiger partial charge in [-0.05, 0) is 24.6 Å². The fourth-order valence-electron chi connectivity index (χ4n) is 1.97. The lowest BCUT2D eigenvalue weighted by Gasteiger charge is -2.08. The second-order valence-corrected chi connectivity index (χ2v) is 4.67. The molecule has 0 aliphatic carbocycles. The summed E-state index contributed by atoms with van der Waals surface area (Å²) in [6.07, 6.45) is 3.51. The highest BCUT2D eigenvalue weighted by Gasteiger charge is 2.10. The van der Waals surface area contributed by atoms with E-state index in [0.717, 1.165) is 11.4 Å². The van der Waals surface area contributed by atoms with Gasteiger partial charge in [-0.1, -0.05) is 18.2 Å². The number of esters is 1. The molecule has 2 aromatic rings. The number of aromatic nitrogens is 2. The molecule has 1 aromatic carbocycles. The Hall–Kier alpha value is -2.14. The van der Waals surface area contributed by atoms with Crippen LogP contribution in [0.15, 0.2) is 42.6 Å². The number of nitrogens with zero attached hydrogens (tertiary/aromatic N) is 2. The van der Waals surface area contributed by atoms with Gasteiger partial charge >= 0.3 is 5.97 Å². The smallest absolute Gasteiger partial charge is 0.305 e. The van der Waals surface area contributed by atoms with Crippen LogP contribution >= 0.6 is 0 Å². The number of carbonyl (C=O) groups excluding carboxylic acids is 1. The minimum atomic E-state index is -0.227. The van der Waals surface area contributed by atoms with E-state index in [1.807, 2.05) is 47.3 Å². The van der Waals surface area contributed by atoms with Crippen LogP contribution in [0.25, 0.3) is 5.69 Å². The third-order valence-corrected chi connectivity index (χ3v) is 3.08. The Morgan fingerprint density at radius 2 is 2.10 bits per heavy atom. The van der Waals surface area contributed by atoms with E-state index in [4.69, 9.17) is 5.73 Å². The fourth-order valence-corrected chi connectivity index (χ4v) is 1.97. The van der Waals surface area contributed by atoms with Crippen LogP contribution in [-0.2, 0) is 16.0 Å². The van der Waals surface area contributed by atoms with Gasteiger partial charge < -0.3 is 10.5 Å². The molecular weight excluding hydrogens is 254 g/mol. The highest BCUT2D eigenvalue weighted by atomic mass is 16.5. The normalized spacial score (nSPS) is 12.1. The van der Waals surface area contributed by atoms with Gasteiger partial charge in [-0.15, -0.1) is 0 Å². The third kappa shape index (κ3) is 3.93. The SMILES string of the molecule is COC(=O)CCC(N)Cc1ccn(-c2ccccc2)n1. The molecule has 20 heavy (non-hydrogen) atoms. The molecule has 1 aromatic heterocycles. The molecule has 2 rings (SSSR count). The molecule has 5 nitrogen and oxygen atoms in total. The van der Waals surface area contributed by atoms with Gasteiger partial charge in [0.25, 0.3) is 0 Å². The Labute approximate surface area is 118 Å².